The van der Waals surface area contributed by atoms with E-state index in [2.05, 4.69) is 28.8 Å². The standard InChI is InChI=1S/C25H22NO4/c1-27-18-8-7-15-16-5-6-17-20-14(11-19-24(17)30-12-29-19)9-10-26(23(16)20)22(13-3-4-13)21(15)25(18)28-2/h5-8,11,13H,3-4,9-10,12H2,1-2H3/q+1. The second kappa shape index (κ2) is 5.69. The summed E-state index contributed by atoms with van der Waals surface area (Å²) in [7, 11) is 3.45. The largest absolute Gasteiger partial charge is 0.493 e. The van der Waals surface area contributed by atoms with Crippen molar-refractivity contribution in [3.05, 3.63) is 41.6 Å². The van der Waals surface area contributed by atoms with Gasteiger partial charge in [-0.05, 0) is 48.7 Å². The van der Waals surface area contributed by atoms with Gasteiger partial charge in [0, 0.05) is 23.1 Å². The van der Waals surface area contributed by atoms with Crippen LogP contribution < -0.4 is 23.5 Å². The number of hydrogen-bond acceptors (Lipinski definition) is 4. The first-order chi connectivity index (χ1) is 14.8. The molecule has 0 amide bonds. The van der Waals surface area contributed by atoms with Gasteiger partial charge in [-0.25, -0.2) is 0 Å². The Balaban J connectivity index is 1.74. The fourth-order valence-electron chi connectivity index (χ4n) is 5.54. The van der Waals surface area contributed by atoms with E-state index in [-0.39, 0.29) is 0 Å². The third kappa shape index (κ3) is 1.95. The highest BCUT2D eigenvalue weighted by atomic mass is 16.7. The summed E-state index contributed by atoms with van der Waals surface area (Å²) in [5.74, 6) is 3.96. The highest BCUT2D eigenvalue weighted by Crippen LogP contribution is 2.50. The molecule has 1 saturated carbocycles. The molecule has 0 spiro atoms. The number of methoxy groups -OCH3 is 2. The summed E-state index contributed by atoms with van der Waals surface area (Å²) >= 11 is 0. The minimum Gasteiger partial charge on any atom is -0.493 e. The third-order valence-corrected chi connectivity index (χ3v) is 6.91. The van der Waals surface area contributed by atoms with Gasteiger partial charge in [0.15, 0.2) is 35.2 Å². The lowest BCUT2D eigenvalue weighted by atomic mass is 9.91. The molecule has 2 aliphatic heterocycles. The fraction of sp³-hybridized carbons (Fsp3) is 0.320. The van der Waals surface area contributed by atoms with Crippen molar-refractivity contribution in [2.75, 3.05) is 21.0 Å². The topological polar surface area (TPSA) is 40.8 Å². The number of ether oxygens (including phenoxy) is 4. The van der Waals surface area contributed by atoms with Crippen LogP contribution in [0.5, 0.6) is 23.0 Å². The zero-order valence-corrected chi connectivity index (χ0v) is 17.1. The average molecular weight is 400 g/mol. The molecule has 5 nitrogen and oxygen atoms in total. The zero-order chi connectivity index (χ0) is 20.0. The van der Waals surface area contributed by atoms with Crippen LogP contribution in [0, 0.1) is 0 Å². The van der Waals surface area contributed by atoms with E-state index < -0.39 is 0 Å². The minimum absolute atomic E-state index is 0.300. The van der Waals surface area contributed by atoms with Crippen LogP contribution in [0.3, 0.4) is 0 Å². The fourth-order valence-corrected chi connectivity index (χ4v) is 5.54. The van der Waals surface area contributed by atoms with E-state index in [1.807, 2.05) is 6.07 Å². The molecule has 1 aliphatic carbocycles. The Morgan fingerprint density at radius 3 is 2.57 bits per heavy atom. The molecule has 1 fully saturated rings. The third-order valence-electron chi connectivity index (χ3n) is 6.91. The van der Waals surface area contributed by atoms with E-state index in [1.165, 1.54) is 51.2 Å². The van der Waals surface area contributed by atoms with Crippen molar-refractivity contribution < 1.29 is 23.5 Å². The Morgan fingerprint density at radius 1 is 0.933 bits per heavy atom. The first kappa shape index (κ1) is 16.6. The Bertz CT molecular complexity index is 1400. The molecule has 0 atom stereocenters. The van der Waals surface area contributed by atoms with Crippen LogP contribution in [0.4, 0.5) is 0 Å². The second-order valence-electron chi connectivity index (χ2n) is 8.44. The van der Waals surface area contributed by atoms with Gasteiger partial charge in [-0.2, -0.15) is 4.57 Å². The number of pyridine rings is 1. The summed E-state index contributed by atoms with van der Waals surface area (Å²) in [5.41, 5.74) is 4.05. The van der Waals surface area contributed by atoms with E-state index in [4.69, 9.17) is 18.9 Å². The van der Waals surface area contributed by atoms with Crippen LogP contribution >= 0.6 is 0 Å². The predicted octanol–water partition coefficient (Wildman–Crippen LogP) is 4.61. The first-order valence-electron chi connectivity index (χ1n) is 10.6. The lowest BCUT2D eigenvalue weighted by Gasteiger charge is -2.20. The Hall–Kier alpha value is -3.21. The molecular weight excluding hydrogens is 378 g/mol. The summed E-state index contributed by atoms with van der Waals surface area (Å²) in [6, 6.07) is 10.8. The molecule has 0 radical (unpaired) electrons. The van der Waals surface area contributed by atoms with Crippen LogP contribution in [0.25, 0.3) is 32.4 Å². The summed E-state index contributed by atoms with van der Waals surface area (Å²) in [5, 5.41) is 6.15. The van der Waals surface area contributed by atoms with Gasteiger partial charge in [0.1, 0.15) is 0 Å². The zero-order valence-electron chi connectivity index (χ0n) is 17.1. The highest BCUT2D eigenvalue weighted by molar-refractivity contribution is 6.18. The van der Waals surface area contributed by atoms with Crippen molar-refractivity contribution in [3.63, 3.8) is 0 Å². The van der Waals surface area contributed by atoms with Crippen LogP contribution in [-0.2, 0) is 13.0 Å². The van der Waals surface area contributed by atoms with Gasteiger partial charge in [0.2, 0.25) is 12.3 Å². The van der Waals surface area contributed by atoms with Gasteiger partial charge in [0.05, 0.1) is 30.4 Å². The number of benzene rings is 3. The van der Waals surface area contributed by atoms with E-state index >= 15 is 0 Å². The van der Waals surface area contributed by atoms with Crippen molar-refractivity contribution in [1.29, 1.82) is 0 Å². The Labute approximate surface area is 173 Å². The molecule has 4 aromatic rings. The van der Waals surface area contributed by atoms with E-state index in [0.29, 0.717) is 12.7 Å². The van der Waals surface area contributed by atoms with Gasteiger partial charge >= 0.3 is 0 Å². The number of nitrogens with zero attached hydrogens (tertiary/aromatic N) is 1. The molecular formula is C25H22NO4+. The Kier molecular flexibility index (Phi) is 3.14. The van der Waals surface area contributed by atoms with Gasteiger partial charge in [0.25, 0.3) is 0 Å². The molecule has 3 aromatic carbocycles. The van der Waals surface area contributed by atoms with Crippen molar-refractivity contribution in [3.8, 4) is 23.0 Å². The van der Waals surface area contributed by atoms with E-state index in [0.717, 1.165) is 41.3 Å². The van der Waals surface area contributed by atoms with Crippen molar-refractivity contribution in [1.82, 2.24) is 0 Å². The van der Waals surface area contributed by atoms with Crippen LogP contribution in [0.15, 0.2) is 30.3 Å². The van der Waals surface area contributed by atoms with Gasteiger partial charge in [-0.3, -0.25) is 0 Å². The first-order valence-corrected chi connectivity index (χ1v) is 10.6. The summed E-state index contributed by atoms with van der Waals surface area (Å²) in [6.07, 6.45) is 3.44. The molecule has 5 heteroatoms. The SMILES string of the molecule is COc1ccc2c(c1OC)c(C1CC1)[n+]1c3c2ccc2c4c(cc(c23)CC1)OCO4. The van der Waals surface area contributed by atoms with Crippen LogP contribution in [0.1, 0.15) is 30.0 Å². The molecule has 0 bridgehead atoms. The van der Waals surface area contributed by atoms with Crippen molar-refractivity contribution in [2.45, 2.75) is 31.7 Å². The van der Waals surface area contributed by atoms with Gasteiger partial charge in [-0.1, -0.05) is 0 Å². The van der Waals surface area contributed by atoms with Gasteiger partial charge < -0.3 is 18.9 Å². The van der Waals surface area contributed by atoms with Crippen molar-refractivity contribution >= 4 is 32.4 Å². The lowest BCUT2D eigenvalue weighted by molar-refractivity contribution is -0.677. The summed E-state index contributed by atoms with van der Waals surface area (Å²) in [6.45, 7) is 1.26. The second-order valence-corrected chi connectivity index (χ2v) is 8.44. The molecule has 30 heavy (non-hydrogen) atoms. The Morgan fingerprint density at radius 2 is 1.77 bits per heavy atom. The molecule has 150 valence electrons. The number of aromatic nitrogens is 1. The maximum absolute atomic E-state index is 5.91. The predicted molar refractivity (Wildman–Crippen MR) is 114 cm³/mol. The van der Waals surface area contributed by atoms with Crippen LogP contribution in [-0.4, -0.2) is 21.0 Å². The van der Waals surface area contributed by atoms with Gasteiger partial charge in [-0.15, -0.1) is 0 Å². The number of rotatable bonds is 3. The highest BCUT2D eigenvalue weighted by Gasteiger charge is 2.40. The minimum atomic E-state index is 0.300. The molecule has 3 aliphatic rings. The van der Waals surface area contributed by atoms with E-state index in [1.54, 1.807) is 14.2 Å². The smallest absolute Gasteiger partial charge is 0.231 e. The average Bonchev–Trinajstić information content (AvgIpc) is 3.51. The van der Waals surface area contributed by atoms with Crippen molar-refractivity contribution in [2.24, 2.45) is 0 Å². The molecule has 0 N–H and O–H groups in total. The molecule has 0 saturated heterocycles. The van der Waals surface area contributed by atoms with E-state index in [9.17, 15) is 0 Å². The summed E-state index contributed by atoms with van der Waals surface area (Å²) < 4.78 is 25.7. The quantitative estimate of drug-likeness (QED) is 0.372. The monoisotopic (exact) mass is 400 g/mol. The maximum Gasteiger partial charge on any atom is 0.231 e. The molecule has 1 aromatic heterocycles. The molecule has 3 heterocycles. The van der Waals surface area contributed by atoms with Crippen LogP contribution in [0.2, 0.25) is 0 Å². The summed E-state index contributed by atoms with van der Waals surface area (Å²) in [4.78, 5) is 0. The molecule has 7 rings (SSSR count). The normalized spacial score (nSPS) is 16.7. The molecule has 0 unspecified atom stereocenters. The number of fused-ring (bicyclic) bond motifs is 4. The maximum atomic E-state index is 5.91. The lowest BCUT2D eigenvalue weighted by Crippen LogP contribution is -2.42. The number of hydrogen-bond donors (Lipinski definition) is 0. The number of aryl methyl sites for hydroxylation is 2.